The lowest BCUT2D eigenvalue weighted by atomic mass is 10.1. The van der Waals surface area contributed by atoms with Crippen molar-refractivity contribution in [3.05, 3.63) is 0 Å². The minimum Gasteiger partial charge on any atom is -0.350 e. The summed E-state index contributed by atoms with van der Waals surface area (Å²) in [7, 11) is 1.68. The van der Waals surface area contributed by atoms with Crippen LogP contribution in [0.4, 0.5) is 0 Å². The van der Waals surface area contributed by atoms with Crippen LogP contribution in [-0.4, -0.2) is 60.4 Å². The van der Waals surface area contributed by atoms with Gasteiger partial charge in [0.05, 0.1) is 13.1 Å². The first-order chi connectivity index (χ1) is 9.19. The first-order valence-corrected chi connectivity index (χ1v) is 7.47. The molecule has 0 saturated heterocycles. The highest BCUT2D eigenvalue weighted by Gasteiger charge is 2.18. The molecule has 0 rings (SSSR count). The molecule has 0 aliphatic heterocycles. The molecular weight excluding hydrogens is 254 g/mol. The Labute approximate surface area is 123 Å². The van der Waals surface area contributed by atoms with Gasteiger partial charge >= 0.3 is 0 Å². The summed E-state index contributed by atoms with van der Waals surface area (Å²) >= 11 is 0. The number of amides is 2. The number of unbranched alkanes of at least 4 members (excludes halogenated alkanes) is 1. The van der Waals surface area contributed by atoms with Gasteiger partial charge in [-0.2, -0.15) is 0 Å². The largest absolute Gasteiger partial charge is 0.350 e. The summed E-state index contributed by atoms with van der Waals surface area (Å²) in [6, 6.07) is 0. The summed E-state index contributed by atoms with van der Waals surface area (Å²) in [5.74, 6) is -0.128. The van der Waals surface area contributed by atoms with Crippen molar-refractivity contribution in [3.63, 3.8) is 0 Å². The molecule has 0 spiro atoms. The van der Waals surface area contributed by atoms with Crippen LogP contribution in [0.15, 0.2) is 0 Å². The Hall–Kier alpha value is -1.10. The maximum atomic E-state index is 12.1. The average molecular weight is 285 g/mol. The SMILES string of the molecule is CCCCN(CC)CC(=O)N(C)CC(=O)NC(C)(C)C. The number of nitrogens with one attached hydrogen (secondary N) is 1. The zero-order valence-corrected chi connectivity index (χ0v) is 14.0. The molecule has 0 aliphatic rings. The highest BCUT2D eigenvalue weighted by atomic mass is 16.2. The molecular formula is C15H31N3O2. The van der Waals surface area contributed by atoms with Gasteiger partial charge in [0.2, 0.25) is 11.8 Å². The molecule has 20 heavy (non-hydrogen) atoms. The molecule has 2 amide bonds. The summed E-state index contributed by atoms with van der Waals surface area (Å²) in [4.78, 5) is 27.5. The molecule has 1 N–H and O–H groups in total. The smallest absolute Gasteiger partial charge is 0.240 e. The molecule has 0 unspecified atom stereocenters. The van der Waals surface area contributed by atoms with Gasteiger partial charge in [0, 0.05) is 12.6 Å². The molecule has 0 aromatic rings. The summed E-state index contributed by atoms with van der Waals surface area (Å²) < 4.78 is 0. The van der Waals surface area contributed by atoms with Gasteiger partial charge < -0.3 is 10.2 Å². The van der Waals surface area contributed by atoms with Gasteiger partial charge in [0.25, 0.3) is 0 Å². The molecule has 0 radical (unpaired) electrons. The molecule has 0 heterocycles. The van der Waals surface area contributed by atoms with E-state index in [0.717, 1.165) is 25.9 Å². The predicted molar refractivity (Wildman–Crippen MR) is 82.6 cm³/mol. The van der Waals surface area contributed by atoms with Gasteiger partial charge in [-0.25, -0.2) is 0 Å². The quantitative estimate of drug-likeness (QED) is 0.735. The molecule has 5 heteroatoms. The summed E-state index contributed by atoms with van der Waals surface area (Å²) in [5.41, 5.74) is -0.266. The maximum absolute atomic E-state index is 12.1. The third-order valence-corrected chi connectivity index (χ3v) is 2.95. The lowest BCUT2D eigenvalue weighted by Crippen LogP contribution is -2.48. The number of hydrogen-bond acceptors (Lipinski definition) is 3. The molecule has 5 nitrogen and oxygen atoms in total. The van der Waals surface area contributed by atoms with Crippen LogP contribution in [0, 0.1) is 0 Å². The van der Waals surface area contributed by atoms with Crippen molar-refractivity contribution in [2.75, 3.05) is 33.2 Å². The van der Waals surface area contributed by atoms with Crippen molar-refractivity contribution < 1.29 is 9.59 Å². The monoisotopic (exact) mass is 285 g/mol. The average Bonchev–Trinajstić information content (AvgIpc) is 2.31. The first kappa shape index (κ1) is 18.9. The van der Waals surface area contributed by atoms with Gasteiger partial charge in [-0.05, 0) is 40.3 Å². The van der Waals surface area contributed by atoms with Crippen LogP contribution in [-0.2, 0) is 9.59 Å². The van der Waals surface area contributed by atoms with Crippen LogP contribution >= 0.6 is 0 Å². The molecule has 0 aliphatic carbocycles. The zero-order chi connectivity index (χ0) is 15.8. The fraction of sp³-hybridized carbons (Fsp3) is 0.867. The van der Waals surface area contributed by atoms with Gasteiger partial charge in [0.15, 0.2) is 0 Å². The minimum atomic E-state index is -0.266. The second kappa shape index (κ2) is 8.95. The predicted octanol–water partition coefficient (Wildman–Crippen LogP) is 1.48. The highest BCUT2D eigenvalue weighted by Crippen LogP contribution is 2.00. The van der Waals surface area contributed by atoms with E-state index in [1.165, 1.54) is 4.90 Å². The number of rotatable bonds is 8. The Bertz CT molecular complexity index is 311. The van der Waals surface area contributed by atoms with Crippen molar-refractivity contribution in [1.82, 2.24) is 15.1 Å². The van der Waals surface area contributed by atoms with Crippen molar-refractivity contribution in [2.24, 2.45) is 0 Å². The third-order valence-electron chi connectivity index (χ3n) is 2.95. The van der Waals surface area contributed by atoms with E-state index < -0.39 is 0 Å². The van der Waals surface area contributed by atoms with E-state index in [2.05, 4.69) is 24.1 Å². The second-order valence-electron chi connectivity index (χ2n) is 6.27. The van der Waals surface area contributed by atoms with E-state index in [0.29, 0.717) is 6.54 Å². The third kappa shape index (κ3) is 8.91. The Morgan fingerprint density at radius 1 is 1.10 bits per heavy atom. The molecule has 0 aromatic carbocycles. The van der Waals surface area contributed by atoms with Gasteiger partial charge in [-0.1, -0.05) is 20.3 Å². The molecule has 0 aromatic heterocycles. The molecule has 0 saturated carbocycles. The maximum Gasteiger partial charge on any atom is 0.240 e. The highest BCUT2D eigenvalue weighted by molar-refractivity contribution is 5.85. The lowest BCUT2D eigenvalue weighted by molar-refractivity contribution is -0.136. The molecule has 118 valence electrons. The number of nitrogens with zero attached hydrogens (tertiary/aromatic N) is 2. The van der Waals surface area contributed by atoms with E-state index in [9.17, 15) is 9.59 Å². The van der Waals surface area contributed by atoms with Crippen molar-refractivity contribution in [1.29, 1.82) is 0 Å². The Morgan fingerprint density at radius 3 is 2.15 bits per heavy atom. The van der Waals surface area contributed by atoms with Crippen LogP contribution in [0.3, 0.4) is 0 Å². The Kier molecular flexibility index (Phi) is 8.46. The summed E-state index contributed by atoms with van der Waals surface area (Å²) in [6.07, 6.45) is 2.21. The number of carbonyl (C=O) groups is 2. The summed E-state index contributed by atoms with van der Waals surface area (Å²) in [6.45, 7) is 12.3. The van der Waals surface area contributed by atoms with E-state index >= 15 is 0 Å². The fourth-order valence-corrected chi connectivity index (χ4v) is 1.80. The standard InChI is InChI=1S/C15H31N3O2/c1-7-9-10-18(8-2)12-14(20)17(6)11-13(19)16-15(3,4)5/h7-12H2,1-6H3,(H,16,19). The number of hydrogen-bond donors (Lipinski definition) is 1. The molecule has 0 atom stereocenters. The number of likely N-dealkylation sites (N-methyl/N-ethyl adjacent to an activating group) is 2. The van der Waals surface area contributed by atoms with Gasteiger partial charge in [-0.3, -0.25) is 14.5 Å². The zero-order valence-electron chi connectivity index (χ0n) is 14.0. The second-order valence-corrected chi connectivity index (χ2v) is 6.27. The van der Waals surface area contributed by atoms with Crippen molar-refractivity contribution >= 4 is 11.8 Å². The van der Waals surface area contributed by atoms with Crippen LogP contribution in [0.1, 0.15) is 47.5 Å². The fourth-order valence-electron chi connectivity index (χ4n) is 1.80. The van der Waals surface area contributed by atoms with Crippen LogP contribution in [0.5, 0.6) is 0 Å². The van der Waals surface area contributed by atoms with E-state index in [1.54, 1.807) is 7.05 Å². The van der Waals surface area contributed by atoms with Crippen LogP contribution in [0.2, 0.25) is 0 Å². The Balaban J connectivity index is 4.23. The lowest BCUT2D eigenvalue weighted by Gasteiger charge is -2.25. The van der Waals surface area contributed by atoms with Crippen molar-refractivity contribution in [2.45, 2.75) is 53.0 Å². The van der Waals surface area contributed by atoms with E-state index in [4.69, 9.17) is 0 Å². The van der Waals surface area contributed by atoms with Crippen LogP contribution in [0.25, 0.3) is 0 Å². The topological polar surface area (TPSA) is 52.7 Å². The minimum absolute atomic E-state index is 0.00740. The molecule has 0 fully saturated rings. The first-order valence-electron chi connectivity index (χ1n) is 7.47. The normalized spacial score (nSPS) is 11.6. The Morgan fingerprint density at radius 2 is 1.70 bits per heavy atom. The van der Waals surface area contributed by atoms with Crippen LogP contribution < -0.4 is 5.32 Å². The van der Waals surface area contributed by atoms with E-state index in [-0.39, 0.29) is 23.9 Å². The van der Waals surface area contributed by atoms with Gasteiger partial charge in [0.1, 0.15) is 0 Å². The van der Waals surface area contributed by atoms with Gasteiger partial charge in [-0.15, -0.1) is 0 Å². The molecule has 0 bridgehead atoms. The van der Waals surface area contributed by atoms with E-state index in [1.807, 2.05) is 20.8 Å². The summed E-state index contributed by atoms with van der Waals surface area (Å²) in [5, 5.41) is 2.86. The number of carbonyl (C=O) groups excluding carboxylic acids is 2. The van der Waals surface area contributed by atoms with Crippen molar-refractivity contribution in [3.8, 4) is 0 Å².